The number of rotatable bonds is 10. The molecule has 10 nitrogen and oxygen atoms in total. The molecule has 2 rings (SSSR count). The Morgan fingerprint density at radius 2 is 1.74 bits per heavy atom. The minimum Gasteiger partial charge on any atom is -0.507 e. The summed E-state index contributed by atoms with van der Waals surface area (Å²) in [7, 11) is 1.52. The van der Waals surface area contributed by atoms with Crippen molar-refractivity contribution >= 4 is 23.6 Å². The molecule has 2 atom stereocenters. The summed E-state index contributed by atoms with van der Waals surface area (Å²) in [6.07, 6.45) is -0.567. The highest BCUT2D eigenvalue weighted by molar-refractivity contribution is 5.99. The Bertz CT molecular complexity index is 1200. The van der Waals surface area contributed by atoms with Crippen molar-refractivity contribution in [3.63, 3.8) is 0 Å². The lowest BCUT2D eigenvalue weighted by atomic mass is 9.97. The zero-order valence-corrected chi connectivity index (χ0v) is 23.6. The number of phenols is 1. The van der Waals surface area contributed by atoms with Crippen molar-refractivity contribution in [2.75, 3.05) is 19.0 Å². The van der Waals surface area contributed by atoms with Crippen LogP contribution in [0.1, 0.15) is 58.2 Å². The molecule has 0 saturated heterocycles. The first-order valence-corrected chi connectivity index (χ1v) is 12.7. The molecule has 0 aliphatic carbocycles. The normalized spacial score (nSPS) is 12.6. The minimum atomic E-state index is -1.38. The Hall–Kier alpha value is -4.26. The zero-order valence-electron chi connectivity index (χ0n) is 23.6. The fraction of sp³-hybridized carbons (Fsp3) is 0.448. The molecule has 0 bridgehead atoms. The Kier molecular flexibility index (Phi) is 10.7. The van der Waals surface area contributed by atoms with Crippen LogP contribution in [0.2, 0.25) is 0 Å². The van der Waals surface area contributed by atoms with E-state index in [9.17, 15) is 24.8 Å². The van der Waals surface area contributed by atoms with Crippen LogP contribution >= 0.6 is 0 Å². The van der Waals surface area contributed by atoms with Gasteiger partial charge in [-0.05, 0) is 69.9 Å². The number of benzene rings is 2. The van der Waals surface area contributed by atoms with Crippen molar-refractivity contribution in [3.05, 3.63) is 53.6 Å². The van der Waals surface area contributed by atoms with E-state index in [4.69, 9.17) is 9.47 Å². The standard InChI is InChI=1S/C29H38N4O6/c1-18(2)17-23(32-28(37)39-29(4,5)6)27(36)33(16-15-30)24(22-10-8-9-19(3)25(22)34)26(35)31-20-11-13-21(38-7)14-12-20/h8-14,18,23-24,34H,16-17H2,1-7H3,(H,31,35)(H,32,37). The van der Waals surface area contributed by atoms with Crippen molar-refractivity contribution in [1.82, 2.24) is 10.2 Å². The smallest absolute Gasteiger partial charge is 0.408 e. The number of nitrogens with zero attached hydrogens (tertiary/aromatic N) is 2. The lowest BCUT2D eigenvalue weighted by Gasteiger charge is -2.33. The number of hydrogen-bond donors (Lipinski definition) is 3. The van der Waals surface area contributed by atoms with Gasteiger partial charge in [0.25, 0.3) is 5.91 Å². The average Bonchev–Trinajstić information content (AvgIpc) is 2.84. The number of anilines is 1. The zero-order chi connectivity index (χ0) is 29.3. The predicted octanol–water partition coefficient (Wildman–Crippen LogP) is 4.68. The fourth-order valence-corrected chi connectivity index (χ4v) is 3.95. The number of carbonyl (C=O) groups excluding carboxylic acids is 3. The molecule has 0 radical (unpaired) electrons. The summed E-state index contributed by atoms with van der Waals surface area (Å²) >= 11 is 0. The van der Waals surface area contributed by atoms with Crippen LogP contribution in [0.25, 0.3) is 0 Å². The maximum absolute atomic E-state index is 13.9. The number of alkyl carbamates (subject to hydrolysis) is 1. The number of nitrogens with one attached hydrogen (secondary N) is 2. The largest absolute Gasteiger partial charge is 0.507 e. The summed E-state index contributed by atoms with van der Waals surface area (Å²) in [5.41, 5.74) is 0.263. The second-order valence-corrected chi connectivity index (χ2v) is 10.6. The number of nitriles is 1. The molecular formula is C29H38N4O6. The van der Waals surface area contributed by atoms with Gasteiger partial charge in [-0.3, -0.25) is 9.59 Å². The summed E-state index contributed by atoms with van der Waals surface area (Å²) in [4.78, 5) is 41.4. The SMILES string of the molecule is COc1ccc(NC(=O)C(c2cccc(C)c2O)N(CC#N)C(=O)C(CC(C)C)NC(=O)OC(C)(C)C)cc1. The topological polar surface area (TPSA) is 141 Å². The molecule has 3 N–H and O–H groups in total. The van der Waals surface area contributed by atoms with Gasteiger partial charge in [0.2, 0.25) is 5.91 Å². The van der Waals surface area contributed by atoms with Crippen LogP contribution in [0.4, 0.5) is 10.5 Å². The molecule has 10 heteroatoms. The Balaban J connectivity index is 2.55. The average molecular weight is 539 g/mol. The highest BCUT2D eigenvalue weighted by Gasteiger charge is 2.38. The van der Waals surface area contributed by atoms with E-state index in [1.807, 2.05) is 19.9 Å². The number of para-hydroxylation sites is 1. The third kappa shape index (κ3) is 8.92. The van der Waals surface area contributed by atoms with E-state index < -0.39 is 42.1 Å². The summed E-state index contributed by atoms with van der Waals surface area (Å²) < 4.78 is 10.5. The first-order valence-electron chi connectivity index (χ1n) is 12.7. The van der Waals surface area contributed by atoms with Crippen LogP contribution < -0.4 is 15.4 Å². The van der Waals surface area contributed by atoms with E-state index in [1.54, 1.807) is 64.1 Å². The summed E-state index contributed by atoms with van der Waals surface area (Å²) in [6, 6.07) is 10.9. The Labute approximate surface area is 229 Å². The van der Waals surface area contributed by atoms with Gasteiger partial charge in [0, 0.05) is 11.3 Å². The van der Waals surface area contributed by atoms with Crippen LogP contribution in [-0.4, -0.2) is 53.2 Å². The van der Waals surface area contributed by atoms with Gasteiger partial charge >= 0.3 is 6.09 Å². The molecule has 0 saturated carbocycles. The number of aromatic hydroxyl groups is 1. The number of aryl methyl sites for hydroxylation is 1. The third-order valence-electron chi connectivity index (χ3n) is 5.70. The fourth-order valence-electron chi connectivity index (χ4n) is 3.95. The maximum Gasteiger partial charge on any atom is 0.408 e. The van der Waals surface area contributed by atoms with E-state index in [2.05, 4.69) is 10.6 Å². The lowest BCUT2D eigenvalue weighted by molar-refractivity contribution is -0.140. The Morgan fingerprint density at radius 1 is 1.10 bits per heavy atom. The molecule has 3 amide bonds. The Morgan fingerprint density at radius 3 is 2.28 bits per heavy atom. The van der Waals surface area contributed by atoms with Gasteiger partial charge in [-0.25, -0.2) is 4.79 Å². The number of methoxy groups -OCH3 is 1. The molecular weight excluding hydrogens is 500 g/mol. The van der Waals surface area contributed by atoms with Crippen molar-refractivity contribution in [3.8, 4) is 17.6 Å². The molecule has 2 aromatic rings. The van der Waals surface area contributed by atoms with Crippen molar-refractivity contribution < 1.29 is 29.0 Å². The van der Waals surface area contributed by atoms with Crippen LogP contribution in [-0.2, 0) is 14.3 Å². The minimum absolute atomic E-state index is 0.0169. The van der Waals surface area contributed by atoms with Gasteiger partial charge < -0.3 is 30.1 Å². The van der Waals surface area contributed by atoms with E-state index in [0.29, 0.717) is 17.0 Å². The highest BCUT2D eigenvalue weighted by Crippen LogP contribution is 2.33. The molecule has 0 heterocycles. The van der Waals surface area contributed by atoms with Gasteiger partial charge in [0.05, 0.1) is 13.2 Å². The monoisotopic (exact) mass is 538 g/mol. The van der Waals surface area contributed by atoms with E-state index >= 15 is 0 Å². The van der Waals surface area contributed by atoms with E-state index in [1.165, 1.54) is 13.2 Å². The van der Waals surface area contributed by atoms with Crippen molar-refractivity contribution in [1.29, 1.82) is 5.26 Å². The number of phenolic OH excluding ortho intramolecular Hbond substituents is 1. The first kappa shape index (κ1) is 31.0. The van der Waals surface area contributed by atoms with Crippen molar-refractivity contribution in [2.45, 2.75) is 65.6 Å². The van der Waals surface area contributed by atoms with Gasteiger partial charge in [-0.1, -0.05) is 32.0 Å². The van der Waals surface area contributed by atoms with Crippen LogP contribution in [0.5, 0.6) is 11.5 Å². The lowest BCUT2D eigenvalue weighted by Crippen LogP contribution is -2.53. The molecule has 0 aromatic heterocycles. The molecule has 0 fully saturated rings. The maximum atomic E-state index is 13.9. The molecule has 0 spiro atoms. The molecule has 2 unspecified atom stereocenters. The molecule has 39 heavy (non-hydrogen) atoms. The number of hydrogen-bond acceptors (Lipinski definition) is 7. The van der Waals surface area contributed by atoms with E-state index in [-0.39, 0.29) is 23.7 Å². The van der Waals surface area contributed by atoms with Crippen molar-refractivity contribution in [2.24, 2.45) is 5.92 Å². The van der Waals surface area contributed by atoms with Gasteiger partial charge in [0.1, 0.15) is 35.7 Å². The summed E-state index contributed by atoms with van der Waals surface area (Å²) in [5.74, 6) is -0.913. The van der Waals surface area contributed by atoms with E-state index in [0.717, 1.165) is 4.90 Å². The molecule has 210 valence electrons. The highest BCUT2D eigenvalue weighted by atomic mass is 16.6. The number of amides is 3. The first-order chi connectivity index (χ1) is 18.3. The molecule has 0 aliphatic rings. The van der Waals surface area contributed by atoms with Gasteiger partial charge in [-0.2, -0.15) is 5.26 Å². The predicted molar refractivity (Wildman–Crippen MR) is 147 cm³/mol. The molecule has 2 aromatic carbocycles. The second kappa shape index (κ2) is 13.5. The van der Waals surface area contributed by atoms with Gasteiger partial charge in [0.15, 0.2) is 0 Å². The van der Waals surface area contributed by atoms with Crippen LogP contribution in [0.3, 0.4) is 0 Å². The number of carbonyl (C=O) groups is 3. The quantitative estimate of drug-likeness (QED) is 0.373. The van der Waals surface area contributed by atoms with Gasteiger partial charge in [-0.15, -0.1) is 0 Å². The molecule has 0 aliphatic heterocycles. The summed E-state index contributed by atoms with van der Waals surface area (Å²) in [6.45, 7) is 10.1. The number of ether oxygens (including phenoxy) is 2. The summed E-state index contributed by atoms with van der Waals surface area (Å²) in [5, 5.41) is 25.9. The second-order valence-electron chi connectivity index (χ2n) is 10.6. The third-order valence-corrected chi connectivity index (χ3v) is 5.70. The van der Waals surface area contributed by atoms with Crippen LogP contribution in [0, 0.1) is 24.2 Å². The van der Waals surface area contributed by atoms with Crippen LogP contribution in [0.15, 0.2) is 42.5 Å².